The molecule has 0 atom stereocenters. The molecule has 0 saturated heterocycles. The fraction of sp³-hybridized carbons (Fsp3) is 0.481. The molecule has 3 heteroatoms. The second-order valence-corrected chi connectivity index (χ2v) is 8.55. The first kappa shape index (κ1) is 22.3. The topological polar surface area (TPSA) is 50.2 Å². The lowest BCUT2D eigenvalue weighted by atomic mass is 9.75. The lowest BCUT2D eigenvalue weighted by Gasteiger charge is -2.29. The highest BCUT2D eigenvalue weighted by atomic mass is 16.4. The van der Waals surface area contributed by atoms with E-state index in [1.165, 1.54) is 30.4 Å². The zero-order valence-electron chi connectivity index (χ0n) is 18.4. The third-order valence-electron chi connectivity index (χ3n) is 6.41. The number of pyridine rings is 1. The first-order valence-corrected chi connectivity index (χ1v) is 11.6. The second kappa shape index (κ2) is 11.1. The SMILES string of the molecule is CCC=C(C(=O)O)C1CCC(c2ccc(-c3ccc(CCCCC)cn3)cc2)CC1. The molecule has 0 amide bonds. The molecular formula is C27H35NO2. The van der Waals surface area contributed by atoms with Gasteiger partial charge in [0, 0.05) is 17.3 Å². The van der Waals surface area contributed by atoms with Crippen LogP contribution in [0.5, 0.6) is 0 Å². The lowest BCUT2D eigenvalue weighted by Crippen LogP contribution is -2.19. The van der Waals surface area contributed by atoms with E-state index in [0.717, 1.165) is 49.8 Å². The van der Waals surface area contributed by atoms with Crippen molar-refractivity contribution in [1.29, 1.82) is 0 Å². The molecule has 1 aromatic carbocycles. The number of aromatic nitrogens is 1. The van der Waals surface area contributed by atoms with E-state index in [1.54, 1.807) is 0 Å². The Balaban J connectivity index is 1.59. The zero-order chi connectivity index (χ0) is 21.3. The normalized spacial score (nSPS) is 19.6. The van der Waals surface area contributed by atoms with Gasteiger partial charge < -0.3 is 5.11 Å². The fourth-order valence-electron chi connectivity index (χ4n) is 4.63. The Kier molecular flexibility index (Phi) is 8.24. The molecule has 3 nitrogen and oxygen atoms in total. The molecule has 0 radical (unpaired) electrons. The first-order valence-electron chi connectivity index (χ1n) is 11.6. The van der Waals surface area contributed by atoms with Crippen molar-refractivity contribution in [2.75, 3.05) is 0 Å². The van der Waals surface area contributed by atoms with Gasteiger partial charge in [0.15, 0.2) is 0 Å². The maximum Gasteiger partial charge on any atom is 0.331 e. The lowest BCUT2D eigenvalue weighted by molar-refractivity contribution is -0.133. The molecule has 1 aromatic heterocycles. The Labute approximate surface area is 181 Å². The monoisotopic (exact) mass is 405 g/mol. The molecule has 0 aliphatic heterocycles. The average molecular weight is 406 g/mol. The number of allylic oxidation sites excluding steroid dienone is 1. The third-order valence-corrected chi connectivity index (χ3v) is 6.41. The first-order chi connectivity index (χ1) is 14.6. The molecule has 0 spiro atoms. The van der Waals surface area contributed by atoms with Gasteiger partial charge in [-0.05, 0) is 74.0 Å². The van der Waals surface area contributed by atoms with E-state index in [9.17, 15) is 9.90 Å². The van der Waals surface area contributed by atoms with Crippen LogP contribution >= 0.6 is 0 Å². The zero-order valence-corrected chi connectivity index (χ0v) is 18.4. The average Bonchev–Trinajstić information content (AvgIpc) is 2.78. The standard InChI is InChI=1S/C27H35NO2/c1-3-5-6-8-20-9-18-26(28-19-20)24-16-12-22(13-17-24)21-10-14-23(15-11-21)25(7-4-2)27(29)30/h7,9,12-13,16-19,21,23H,3-6,8,10-11,14-15H2,1-2H3,(H,29,30). The minimum absolute atomic E-state index is 0.206. The number of unbranched alkanes of at least 4 members (excludes halogenated alkanes) is 2. The van der Waals surface area contributed by atoms with Gasteiger partial charge in [-0.15, -0.1) is 0 Å². The Morgan fingerprint density at radius 3 is 2.33 bits per heavy atom. The van der Waals surface area contributed by atoms with E-state index in [1.807, 2.05) is 19.2 Å². The van der Waals surface area contributed by atoms with E-state index >= 15 is 0 Å². The smallest absolute Gasteiger partial charge is 0.331 e. The molecule has 1 aliphatic carbocycles. The molecule has 0 unspecified atom stereocenters. The number of rotatable bonds is 9. The number of aliphatic carboxylic acids is 1. The molecule has 160 valence electrons. The number of carboxylic acids is 1. The Hall–Kier alpha value is -2.42. The summed E-state index contributed by atoms with van der Waals surface area (Å²) in [6.45, 7) is 4.23. The molecule has 0 bridgehead atoms. The minimum Gasteiger partial charge on any atom is -0.478 e. The molecule has 3 rings (SSSR count). The number of hydrogen-bond acceptors (Lipinski definition) is 2. The van der Waals surface area contributed by atoms with E-state index in [0.29, 0.717) is 11.5 Å². The molecule has 30 heavy (non-hydrogen) atoms. The summed E-state index contributed by atoms with van der Waals surface area (Å²) in [5, 5.41) is 9.48. The van der Waals surface area contributed by atoms with E-state index in [4.69, 9.17) is 0 Å². The number of carboxylic acid groups (broad SMARTS) is 1. The number of carbonyl (C=O) groups is 1. The van der Waals surface area contributed by atoms with Gasteiger partial charge in [0.25, 0.3) is 0 Å². The van der Waals surface area contributed by atoms with Crippen LogP contribution in [0.15, 0.2) is 54.2 Å². The Morgan fingerprint density at radius 2 is 1.77 bits per heavy atom. The highest BCUT2D eigenvalue weighted by Crippen LogP contribution is 2.39. The minimum atomic E-state index is -0.742. The summed E-state index contributed by atoms with van der Waals surface area (Å²) in [7, 11) is 0. The highest BCUT2D eigenvalue weighted by Gasteiger charge is 2.27. The van der Waals surface area contributed by atoms with Crippen LogP contribution in [-0.2, 0) is 11.2 Å². The number of nitrogens with zero attached hydrogens (tertiary/aromatic N) is 1. The van der Waals surface area contributed by atoms with Crippen molar-refractivity contribution in [2.45, 2.75) is 77.6 Å². The van der Waals surface area contributed by atoms with Gasteiger partial charge in [-0.1, -0.05) is 63.1 Å². The van der Waals surface area contributed by atoms with Gasteiger partial charge in [0.1, 0.15) is 0 Å². The quantitative estimate of drug-likeness (QED) is 0.355. The summed E-state index contributed by atoms with van der Waals surface area (Å²) in [6.07, 6.45) is 13.6. The summed E-state index contributed by atoms with van der Waals surface area (Å²) >= 11 is 0. The van der Waals surface area contributed by atoms with Gasteiger partial charge in [-0.3, -0.25) is 4.98 Å². The van der Waals surface area contributed by atoms with Crippen molar-refractivity contribution in [2.24, 2.45) is 5.92 Å². The van der Waals surface area contributed by atoms with Crippen molar-refractivity contribution in [3.63, 3.8) is 0 Å². The molecule has 1 fully saturated rings. The van der Waals surface area contributed by atoms with Crippen LogP contribution in [0.3, 0.4) is 0 Å². The van der Waals surface area contributed by atoms with Gasteiger partial charge in [0.2, 0.25) is 0 Å². The van der Waals surface area contributed by atoms with Gasteiger partial charge in [-0.25, -0.2) is 4.79 Å². The number of benzene rings is 1. The predicted octanol–water partition coefficient (Wildman–Crippen LogP) is 7.18. The molecule has 1 saturated carbocycles. The van der Waals surface area contributed by atoms with Crippen molar-refractivity contribution in [3.8, 4) is 11.3 Å². The van der Waals surface area contributed by atoms with Gasteiger partial charge in [0.05, 0.1) is 5.69 Å². The maximum atomic E-state index is 11.5. The third kappa shape index (κ3) is 5.81. The van der Waals surface area contributed by atoms with Crippen molar-refractivity contribution < 1.29 is 9.90 Å². The van der Waals surface area contributed by atoms with E-state index < -0.39 is 5.97 Å². The predicted molar refractivity (Wildman–Crippen MR) is 124 cm³/mol. The van der Waals surface area contributed by atoms with Crippen molar-refractivity contribution in [1.82, 2.24) is 4.98 Å². The molecular weight excluding hydrogens is 370 g/mol. The van der Waals surface area contributed by atoms with E-state index in [-0.39, 0.29) is 5.92 Å². The van der Waals surface area contributed by atoms with Crippen LogP contribution in [0.4, 0.5) is 0 Å². The number of hydrogen-bond donors (Lipinski definition) is 1. The van der Waals surface area contributed by atoms with E-state index in [2.05, 4.69) is 48.3 Å². The van der Waals surface area contributed by atoms with Crippen LogP contribution < -0.4 is 0 Å². The van der Waals surface area contributed by atoms with Crippen molar-refractivity contribution in [3.05, 3.63) is 65.4 Å². The maximum absolute atomic E-state index is 11.5. The molecule has 1 N–H and O–H groups in total. The second-order valence-electron chi connectivity index (χ2n) is 8.55. The fourth-order valence-corrected chi connectivity index (χ4v) is 4.63. The van der Waals surface area contributed by atoms with Crippen LogP contribution in [0.2, 0.25) is 0 Å². The summed E-state index contributed by atoms with van der Waals surface area (Å²) < 4.78 is 0. The van der Waals surface area contributed by atoms with Crippen LogP contribution in [0.25, 0.3) is 11.3 Å². The Morgan fingerprint density at radius 1 is 1.03 bits per heavy atom. The van der Waals surface area contributed by atoms with Crippen LogP contribution in [0.1, 0.15) is 82.3 Å². The molecule has 2 aromatic rings. The Bertz CT molecular complexity index is 828. The highest BCUT2D eigenvalue weighted by molar-refractivity contribution is 5.87. The number of aryl methyl sites for hydroxylation is 1. The largest absolute Gasteiger partial charge is 0.478 e. The van der Waals surface area contributed by atoms with Crippen LogP contribution in [-0.4, -0.2) is 16.1 Å². The summed E-state index contributed by atoms with van der Waals surface area (Å²) in [5.74, 6) is -0.00702. The summed E-state index contributed by atoms with van der Waals surface area (Å²) in [5.41, 5.74) is 5.49. The van der Waals surface area contributed by atoms with Crippen molar-refractivity contribution >= 4 is 5.97 Å². The summed E-state index contributed by atoms with van der Waals surface area (Å²) in [4.78, 5) is 16.2. The van der Waals surface area contributed by atoms with Gasteiger partial charge in [-0.2, -0.15) is 0 Å². The van der Waals surface area contributed by atoms with Crippen LogP contribution in [0, 0.1) is 5.92 Å². The molecule has 1 aliphatic rings. The summed E-state index contributed by atoms with van der Waals surface area (Å²) in [6, 6.07) is 13.2. The van der Waals surface area contributed by atoms with Gasteiger partial charge >= 0.3 is 5.97 Å². The molecule has 1 heterocycles.